The second kappa shape index (κ2) is 7.34. The average Bonchev–Trinajstić information content (AvgIpc) is 3.16. The second-order valence-electron chi connectivity index (χ2n) is 11.9. The minimum Gasteiger partial charge on any atom is -0.486 e. The van der Waals surface area contributed by atoms with Gasteiger partial charge in [-0.05, 0) is 116 Å². The Morgan fingerprint density at radius 2 is 1.84 bits per heavy atom. The number of rotatable bonds is 2. The first-order valence-electron chi connectivity index (χ1n) is 13.1. The van der Waals surface area contributed by atoms with E-state index < -0.39 is 0 Å². The summed E-state index contributed by atoms with van der Waals surface area (Å²) in [6.07, 6.45) is 16.2. The molecule has 1 heterocycles. The Hall–Kier alpha value is -1.83. The molecule has 2 saturated carbocycles. The third kappa shape index (κ3) is 2.94. The third-order valence-corrected chi connectivity index (χ3v) is 10.6. The van der Waals surface area contributed by atoms with Crippen LogP contribution >= 0.6 is 0 Å². The van der Waals surface area contributed by atoms with Crippen LogP contribution in [0.25, 0.3) is 0 Å². The zero-order valence-corrected chi connectivity index (χ0v) is 20.0. The smallest absolute Gasteiger partial charge is 0.133 e. The number of ketones is 1. The molecule has 4 aliphatic carbocycles. The second-order valence-corrected chi connectivity index (χ2v) is 11.9. The number of carbonyl (C=O) groups is 1. The van der Waals surface area contributed by atoms with Crippen LogP contribution in [-0.4, -0.2) is 11.9 Å². The lowest BCUT2D eigenvalue weighted by molar-refractivity contribution is -0.127. The predicted molar refractivity (Wildman–Crippen MR) is 129 cm³/mol. The van der Waals surface area contributed by atoms with E-state index in [-0.39, 0.29) is 11.5 Å². The van der Waals surface area contributed by atoms with Crippen molar-refractivity contribution >= 4 is 5.78 Å². The number of hydrogen-bond donors (Lipinski definition) is 0. The first kappa shape index (κ1) is 20.8. The number of hydrogen-bond acceptors (Lipinski definition) is 2. The fourth-order valence-corrected chi connectivity index (χ4v) is 8.85. The van der Waals surface area contributed by atoms with Gasteiger partial charge in [0.2, 0.25) is 0 Å². The van der Waals surface area contributed by atoms with Gasteiger partial charge in [0.15, 0.2) is 0 Å². The van der Waals surface area contributed by atoms with Gasteiger partial charge in [0.05, 0.1) is 0 Å². The van der Waals surface area contributed by atoms with Gasteiger partial charge >= 0.3 is 0 Å². The van der Waals surface area contributed by atoms with E-state index in [4.69, 9.17) is 4.74 Å². The Bertz CT molecular complexity index is 1000. The van der Waals surface area contributed by atoms with Crippen LogP contribution in [0.3, 0.4) is 0 Å². The van der Waals surface area contributed by atoms with Gasteiger partial charge in [-0.25, -0.2) is 0 Å². The maximum atomic E-state index is 12.4. The molecule has 0 amide bonds. The van der Waals surface area contributed by atoms with Crippen LogP contribution in [0.15, 0.2) is 47.6 Å². The van der Waals surface area contributed by atoms with E-state index in [1.807, 2.05) is 6.92 Å². The summed E-state index contributed by atoms with van der Waals surface area (Å²) in [5.74, 6) is 4.09. The van der Waals surface area contributed by atoms with E-state index in [1.165, 1.54) is 49.7 Å². The van der Waals surface area contributed by atoms with Crippen LogP contribution in [0, 0.1) is 34.5 Å². The number of aryl methyl sites for hydroxylation is 1. The highest BCUT2D eigenvalue weighted by Crippen LogP contribution is 2.66. The van der Waals surface area contributed by atoms with Gasteiger partial charge in [0.25, 0.3) is 0 Å². The van der Waals surface area contributed by atoms with Crippen molar-refractivity contribution in [1.82, 2.24) is 0 Å². The predicted octanol–water partition coefficient (Wildman–Crippen LogP) is 7.08. The molecule has 6 rings (SSSR count). The van der Waals surface area contributed by atoms with Crippen LogP contribution in [0.2, 0.25) is 0 Å². The molecule has 0 aromatic heterocycles. The monoisotopic (exact) mass is 430 g/mol. The van der Waals surface area contributed by atoms with Gasteiger partial charge in [0, 0.05) is 5.92 Å². The molecule has 0 N–H and O–H groups in total. The van der Waals surface area contributed by atoms with Crippen molar-refractivity contribution in [1.29, 1.82) is 0 Å². The number of carbonyl (C=O) groups excluding carboxylic acids is 1. The molecule has 1 aromatic carbocycles. The molecule has 2 heteroatoms. The van der Waals surface area contributed by atoms with E-state index in [0.29, 0.717) is 17.1 Å². The van der Waals surface area contributed by atoms with Crippen LogP contribution in [0.4, 0.5) is 0 Å². The summed E-state index contributed by atoms with van der Waals surface area (Å²) in [5, 5.41) is 0. The van der Waals surface area contributed by atoms with Crippen molar-refractivity contribution < 1.29 is 9.53 Å². The number of benzene rings is 1. The molecular weight excluding hydrogens is 392 g/mol. The lowest BCUT2D eigenvalue weighted by Gasteiger charge is -2.57. The van der Waals surface area contributed by atoms with Gasteiger partial charge in [-0.3, -0.25) is 4.79 Å². The van der Waals surface area contributed by atoms with Crippen molar-refractivity contribution in [2.75, 3.05) is 0 Å². The van der Waals surface area contributed by atoms with Crippen molar-refractivity contribution in [3.63, 3.8) is 0 Å². The Morgan fingerprint density at radius 3 is 2.69 bits per heavy atom. The summed E-state index contributed by atoms with van der Waals surface area (Å²) in [7, 11) is 0. The van der Waals surface area contributed by atoms with Gasteiger partial charge in [-0.15, -0.1) is 0 Å². The number of Topliss-reactive ketones (excluding diaryl/α,β-unsaturated/α-hetero) is 1. The van der Waals surface area contributed by atoms with E-state index in [0.717, 1.165) is 42.8 Å². The molecule has 0 saturated heterocycles. The third-order valence-electron chi connectivity index (χ3n) is 10.6. The Balaban J connectivity index is 1.27. The summed E-state index contributed by atoms with van der Waals surface area (Å²) >= 11 is 0. The maximum absolute atomic E-state index is 12.4. The minimum absolute atomic E-state index is 0.244. The topological polar surface area (TPSA) is 26.3 Å². The molecule has 1 aromatic rings. The SMILES string of the molecule is CC(=O)[C@H]1CC[C@H]2[C@@H]3CC=C4C=C(C5CCc6ccccc6O5)CC[C@]4(C)[C@H]3CC[C@]12C. The summed E-state index contributed by atoms with van der Waals surface area (Å²) in [6.45, 7) is 6.84. The lowest BCUT2D eigenvalue weighted by Crippen LogP contribution is -2.50. The summed E-state index contributed by atoms with van der Waals surface area (Å²) in [6, 6.07) is 8.55. The molecule has 1 aliphatic heterocycles. The van der Waals surface area contributed by atoms with E-state index in [9.17, 15) is 4.79 Å². The largest absolute Gasteiger partial charge is 0.486 e. The number of allylic oxidation sites excluding steroid dienone is 3. The maximum Gasteiger partial charge on any atom is 0.133 e. The van der Waals surface area contributed by atoms with Crippen molar-refractivity contribution in [2.45, 2.75) is 84.7 Å². The molecule has 170 valence electrons. The molecule has 0 bridgehead atoms. The summed E-state index contributed by atoms with van der Waals surface area (Å²) in [5.41, 5.74) is 5.00. The van der Waals surface area contributed by atoms with Gasteiger partial charge in [-0.1, -0.05) is 44.2 Å². The molecule has 0 radical (unpaired) electrons. The fourth-order valence-electron chi connectivity index (χ4n) is 8.85. The first-order valence-corrected chi connectivity index (χ1v) is 13.1. The van der Waals surface area contributed by atoms with E-state index >= 15 is 0 Å². The average molecular weight is 431 g/mol. The Morgan fingerprint density at radius 1 is 1.00 bits per heavy atom. The molecule has 1 unspecified atom stereocenters. The van der Waals surface area contributed by atoms with Crippen LogP contribution < -0.4 is 4.74 Å². The number of para-hydroxylation sites is 1. The van der Waals surface area contributed by atoms with E-state index in [2.05, 4.69) is 50.3 Å². The standard InChI is InChI=1S/C30H38O2/c1-19(31)24-11-12-25-23-10-9-22-18-21(28-13-8-20-6-4-5-7-27(20)32-28)14-16-29(22,2)26(23)15-17-30(24,25)3/h4-7,9,18,23-26,28H,8,10-17H2,1-3H3/t23-,24+,25-,26-,28?,29-,30+/m0/s1. The highest BCUT2D eigenvalue weighted by Gasteiger charge is 2.59. The van der Waals surface area contributed by atoms with Crippen molar-refractivity contribution in [3.05, 3.63) is 53.1 Å². The van der Waals surface area contributed by atoms with Gasteiger partial charge < -0.3 is 4.74 Å². The minimum atomic E-state index is 0.244. The van der Waals surface area contributed by atoms with Gasteiger partial charge in [-0.2, -0.15) is 0 Å². The fraction of sp³-hybridized carbons (Fsp3) is 0.633. The molecule has 32 heavy (non-hydrogen) atoms. The van der Waals surface area contributed by atoms with Gasteiger partial charge in [0.1, 0.15) is 17.6 Å². The van der Waals surface area contributed by atoms with Crippen LogP contribution in [0.1, 0.15) is 77.7 Å². The highest BCUT2D eigenvalue weighted by molar-refractivity contribution is 5.79. The van der Waals surface area contributed by atoms with E-state index in [1.54, 1.807) is 5.57 Å². The molecular formula is C30H38O2. The number of fused-ring (bicyclic) bond motifs is 6. The normalized spacial score (nSPS) is 42.4. The molecule has 2 fully saturated rings. The molecule has 0 spiro atoms. The quantitative estimate of drug-likeness (QED) is 0.501. The van der Waals surface area contributed by atoms with Crippen LogP contribution in [-0.2, 0) is 11.2 Å². The Labute approximate surface area is 193 Å². The van der Waals surface area contributed by atoms with Crippen LogP contribution in [0.5, 0.6) is 5.75 Å². The van der Waals surface area contributed by atoms with Crippen molar-refractivity contribution in [3.8, 4) is 5.75 Å². The molecule has 2 nitrogen and oxygen atoms in total. The zero-order valence-electron chi connectivity index (χ0n) is 20.0. The zero-order chi connectivity index (χ0) is 22.1. The summed E-state index contributed by atoms with van der Waals surface area (Å²) < 4.78 is 6.47. The molecule has 7 atom stereocenters. The van der Waals surface area contributed by atoms with Crippen molar-refractivity contribution in [2.24, 2.45) is 34.5 Å². The highest BCUT2D eigenvalue weighted by atomic mass is 16.5. The first-order chi connectivity index (χ1) is 15.4. The number of ether oxygens (including phenoxy) is 1. The Kier molecular flexibility index (Phi) is 4.76. The summed E-state index contributed by atoms with van der Waals surface area (Å²) in [4.78, 5) is 12.4. The lowest BCUT2D eigenvalue weighted by atomic mass is 9.47. The molecule has 5 aliphatic rings.